The van der Waals surface area contributed by atoms with Crippen LogP contribution in [0.15, 0.2) is 12.1 Å². The zero-order valence-electron chi connectivity index (χ0n) is 11.4. The van der Waals surface area contributed by atoms with E-state index in [0.717, 1.165) is 19.2 Å². The molecule has 1 aliphatic heterocycles. The lowest BCUT2D eigenvalue weighted by Crippen LogP contribution is -2.47. The second-order valence-corrected chi connectivity index (χ2v) is 4.92. The summed E-state index contributed by atoms with van der Waals surface area (Å²) in [7, 11) is 1.97. The fraction of sp³-hybridized carbons (Fsp3) is 0.538. The highest BCUT2D eigenvalue weighted by molar-refractivity contribution is 5.95. The fourth-order valence-electron chi connectivity index (χ4n) is 2.12. The summed E-state index contributed by atoms with van der Waals surface area (Å²) in [5.41, 5.74) is -0.615. The molecule has 0 atom stereocenters. The molecule has 0 aliphatic carbocycles. The number of pyridine rings is 1. The SMILES string of the molecule is Cc1nc(C(F)(F)F)ccc1C(=O)N1CCN(C)CC1. The topological polar surface area (TPSA) is 36.4 Å². The second-order valence-electron chi connectivity index (χ2n) is 4.92. The maximum Gasteiger partial charge on any atom is 0.433 e. The minimum atomic E-state index is -4.49. The first-order valence-electron chi connectivity index (χ1n) is 6.31. The fourth-order valence-corrected chi connectivity index (χ4v) is 2.12. The van der Waals surface area contributed by atoms with E-state index in [1.807, 2.05) is 7.05 Å². The molecule has 1 fully saturated rings. The highest BCUT2D eigenvalue weighted by atomic mass is 19.4. The maximum absolute atomic E-state index is 12.5. The van der Waals surface area contributed by atoms with Crippen molar-refractivity contribution in [2.45, 2.75) is 13.1 Å². The predicted octanol–water partition coefficient (Wildman–Crippen LogP) is 1.80. The highest BCUT2D eigenvalue weighted by Gasteiger charge is 2.33. The number of amides is 1. The lowest BCUT2D eigenvalue weighted by Gasteiger charge is -2.32. The number of nitrogens with zero attached hydrogens (tertiary/aromatic N) is 3. The van der Waals surface area contributed by atoms with Gasteiger partial charge in [-0.15, -0.1) is 0 Å². The van der Waals surface area contributed by atoms with Crippen molar-refractivity contribution in [3.8, 4) is 0 Å². The second kappa shape index (κ2) is 5.40. The van der Waals surface area contributed by atoms with Gasteiger partial charge in [0.1, 0.15) is 5.69 Å². The molecule has 0 N–H and O–H groups in total. The Hall–Kier alpha value is -1.63. The number of aromatic nitrogens is 1. The van der Waals surface area contributed by atoms with Crippen LogP contribution in [-0.4, -0.2) is 53.9 Å². The Balaban J connectivity index is 2.19. The number of aryl methyl sites for hydroxylation is 1. The molecule has 2 rings (SSSR count). The third-order valence-electron chi connectivity index (χ3n) is 3.40. The molecule has 0 bridgehead atoms. The average Bonchev–Trinajstić information content (AvgIpc) is 2.37. The Morgan fingerprint density at radius 1 is 1.20 bits per heavy atom. The largest absolute Gasteiger partial charge is 0.433 e. The van der Waals surface area contributed by atoms with Crippen LogP contribution >= 0.6 is 0 Å². The molecule has 0 radical (unpaired) electrons. The molecule has 20 heavy (non-hydrogen) atoms. The van der Waals surface area contributed by atoms with E-state index in [1.165, 1.54) is 13.0 Å². The van der Waals surface area contributed by atoms with Gasteiger partial charge in [0.2, 0.25) is 0 Å². The number of halogens is 3. The van der Waals surface area contributed by atoms with Crippen molar-refractivity contribution in [1.82, 2.24) is 14.8 Å². The van der Waals surface area contributed by atoms with Gasteiger partial charge in [-0.3, -0.25) is 4.79 Å². The van der Waals surface area contributed by atoms with Crippen LogP contribution in [0.2, 0.25) is 0 Å². The zero-order chi connectivity index (χ0) is 14.9. The van der Waals surface area contributed by atoms with Gasteiger partial charge in [0.05, 0.1) is 11.3 Å². The lowest BCUT2D eigenvalue weighted by atomic mass is 10.1. The smallest absolute Gasteiger partial charge is 0.336 e. The van der Waals surface area contributed by atoms with Crippen LogP contribution < -0.4 is 0 Å². The molecular weight excluding hydrogens is 271 g/mol. The van der Waals surface area contributed by atoms with Gasteiger partial charge in [0.15, 0.2) is 0 Å². The summed E-state index contributed by atoms with van der Waals surface area (Å²) < 4.78 is 37.6. The van der Waals surface area contributed by atoms with Crippen molar-refractivity contribution in [2.75, 3.05) is 33.2 Å². The number of carbonyl (C=O) groups excluding carboxylic acids is 1. The molecule has 1 saturated heterocycles. The van der Waals surface area contributed by atoms with Crippen LogP contribution in [-0.2, 0) is 6.18 Å². The van der Waals surface area contributed by atoms with Crippen molar-refractivity contribution < 1.29 is 18.0 Å². The number of alkyl halides is 3. The van der Waals surface area contributed by atoms with Gasteiger partial charge in [0, 0.05) is 26.2 Å². The zero-order valence-corrected chi connectivity index (χ0v) is 11.4. The van der Waals surface area contributed by atoms with E-state index in [2.05, 4.69) is 9.88 Å². The average molecular weight is 287 g/mol. The Bertz CT molecular complexity index is 508. The van der Waals surface area contributed by atoms with E-state index in [9.17, 15) is 18.0 Å². The molecule has 1 amide bonds. The summed E-state index contributed by atoms with van der Waals surface area (Å²) in [5.74, 6) is -0.253. The van der Waals surface area contributed by atoms with Gasteiger partial charge in [-0.25, -0.2) is 4.98 Å². The summed E-state index contributed by atoms with van der Waals surface area (Å²) >= 11 is 0. The van der Waals surface area contributed by atoms with E-state index in [0.29, 0.717) is 13.1 Å². The van der Waals surface area contributed by atoms with E-state index in [1.54, 1.807) is 4.90 Å². The molecule has 1 aromatic heterocycles. The molecule has 4 nitrogen and oxygen atoms in total. The molecule has 7 heteroatoms. The number of piperazine rings is 1. The quantitative estimate of drug-likeness (QED) is 0.790. The van der Waals surface area contributed by atoms with Crippen molar-refractivity contribution >= 4 is 5.91 Å². The van der Waals surface area contributed by atoms with Crippen molar-refractivity contribution in [1.29, 1.82) is 0 Å². The van der Waals surface area contributed by atoms with Gasteiger partial charge in [-0.05, 0) is 26.1 Å². The van der Waals surface area contributed by atoms with Crippen LogP contribution in [0.1, 0.15) is 21.7 Å². The first-order valence-corrected chi connectivity index (χ1v) is 6.31. The summed E-state index contributed by atoms with van der Waals surface area (Å²) in [6.45, 7) is 4.11. The maximum atomic E-state index is 12.5. The minimum absolute atomic E-state index is 0.115. The molecule has 1 aromatic rings. The Morgan fingerprint density at radius 2 is 1.80 bits per heavy atom. The van der Waals surface area contributed by atoms with Crippen LogP contribution in [0.25, 0.3) is 0 Å². The van der Waals surface area contributed by atoms with Gasteiger partial charge < -0.3 is 9.80 Å². The molecule has 110 valence electrons. The Kier molecular flexibility index (Phi) is 3.99. The van der Waals surface area contributed by atoms with Crippen molar-refractivity contribution in [3.63, 3.8) is 0 Å². The first kappa shape index (κ1) is 14.8. The minimum Gasteiger partial charge on any atom is -0.336 e. The lowest BCUT2D eigenvalue weighted by molar-refractivity contribution is -0.141. The number of hydrogen-bond acceptors (Lipinski definition) is 3. The van der Waals surface area contributed by atoms with Crippen LogP contribution in [0.3, 0.4) is 0 Å². The number of likely N-dealkylation sites (N-methyl/N-ethyl adjacent to an activating group) is 1. The van der Waals surface area contributed by atoms with Gasteiger partial charge in [-0.2, -0.15) is 13.2 Å². The third-order valence-corrected chi connectivity index (χ3v) is 3.40. The van der Waals surface area contributed by atoms with Gasteiger partial charge in [0.25, 0.3) is 5.91 Å². The predicted molar refractivity (Wildman–Crippen MR) is 67.4 cm³/mol. The molecule has 0 unspecified atom stereocenters. The van der Waals surface area contributed by atoms with Crippen LogP contribution in [0.5, 0.6) is 0 Å². The number of rotatable bonds is 1. The normalized spacial score (nSPS) is 17.4. The summed E-state index contributed by atoms with van der Waals surface area (Å²) in [5, 5.41) is 0. The van der Waals surface area contributed by atoms with E-state index in [-0.39, 0.29) is 17.2 Å². The highest BCUT2D eigenvalue weighted by Crippen LogP contribution is 2.28. The van der Waals surface area contributed by atoms with E-state index >= 15 is 0 Å². The van der Waals surface area contributed by atoms with Gasteiger partial charge >= 0.3 is 6.18 Å². The van der Waals surface area contributed by atoms with E-state index < -0.39 is 11.9 Å². The van der Waals surface area contributed by atoms with Crippen LogP contribution in [0, 0.1) is 6.92 Å². The summed E-state index contributed by atoms with van der Waals surface area (Å²) in [4.78, 5) is 19.5. The number of hydrogen-bond donors (Lipinski definition) is 0. The van der Waals surface area contributed by atoms with E-state index in [4.69, 9.17) is 0 Å². The summed E-state index contributed by atoms with van der Waals surface area (Å²) in [6, 6.07) is 2.07. The van der Waals surface area contributed by atoms with Crippen molar-refractivity contribution in [2.24, 2.45) is 0 Å². The molecule has 2 heterocycles. The molecule has 0 saturated carbocycles. The molecular formula is C13H16F3N3O. The Morgan fingerprint density at radius 3 is 2.30 bits per heavy atom. The van der Waals surface area contributed by atoms with Gasteiger partial charge in [-0.1, -0.05) is 0 Å². The summed E-state index contributed by atoms with van der Waals surface area (Å²) in [6.07, 6.45) is -4.49. The Labute approximate surface area is 115 Å². The third kappa shape index (κ3) is 3.09. The number of carbonyl (C=O) groups is 1. The monoisotopic (exact) mass is 287 g/mol. The first-order chi connectivity index (χ1) is 9.29. The van der Waals surface area contributed by atoms with Crippen molar-refractivity contribution in [3.05, 3.63) is 29.1 Å². The standard InChI is InChI=1S/C13H16F3N3O/c1-9-10(3-4-11(17-9)13(14,15)16)12(20)19-7-5-18(2)6-8-19/h3-4H,5-8H2,1-2H3. The molecule has 0 aromatic carbocycles. The van der Waals surface area contributed by atoms with Crippen LogP contribution in [0.4, 0.5) is 13.2 Å². The molecule has 1 aliphatic rings. The molecule has 0 spiro atoms.